The molecule has 1 amide bonds. The second-order valence-electron chi connectivity index (χ2n) is 13.4. The highest BCUT2D eigenvalue weighted by atomic mass is 35.5. The Morgan fingerprint density at radius 3 is 2.24 bits per heavy atom. The number of nitrogens with one attached hydrogen (secondary N) is 1. The van der Waals surface area contributed by atoms with Crippen LogP contribution in [0.1, 0.15) is 82.1 Å². The minimum Gasteiger partial charge on any atom is -0.489 e. The van der Waals surface area contributed by atoms with Gasteiger partial charge in [0.1, 0.15) is 17.9 Å². The molecule has 1 aliphatic heterocycles. The Balaban J connectivity index is 1.15. The van der Waals surface area contributed by atoms with Crippen molar-refractivity contribution in [2.24, 2.45) is 10.8 Å². The molecule has 0 atom stereocenters. The number of nitrogens with zero attached hydrogens (tertiary/aromatic N) is 5. The molecule has 10 heteroatoms. The number of amides is 1. The number of nitriles is 1. The molecule has 3 aliphatic rings. The lowest BCUT2D eigenvalue weighted by Crippen LogP contribution is -2.74. The Morgan fingerprint density at radius 2 is 1.67 bits per heavy atom. The number of carbonyl (C=O) groups is 1. The van der Waals surface area contributed by atoms with Crippen molar-refractivity contribution >= 4 is 23.5 Å². The zero-order valence-electron chi connectivity index (χ0n) is 25.3. The number of aliphatic hydroxyl groups is 1. The van der Waals surface area contributed by atoms with Crippen LogP contribution < -0.4 is 15.0 Å². The lowest BCUT2D eigenvalue weighted by molar-refractivity contribution is -0.164. The number of halogens is 1. The summed E-state index contributed by atoms with van der Waals surface area (Å²) in [5, 5.41) is 22.6. The van der Waals surface area contributed by atoms with Crippen molar-refractivity contribution in [3.05, 3.63) is 46.7 Å². The molecule has 1 saturated heterocycles. The summed E-state index contributed by atoms with van der Waals surface area (Å²) in [7, 11) is 2.23. The summed E-state index contributed by atoms with van der Waals surface area (Å²) in [6, 6.07) is 8.09. The van der Waals surface area contributed by atoms with Gasteiger partial charge in [-0.1, -0.05) is 39.3 Å². The number of ether oxygens (including phenoxy) is 1. The fraction of sp³-hybridized carbons (Fsp3) is 0.625. The number of hydrogen-bond acceptors (Lipinski definition) is 8. The summed E-state index contributed by atoms with van der Waals surface area (Å²) in [5.74, 6) is 1.06. The fourth-order valence-corrected chi connectivity index (χ4v) is 7.86. The van der Waals surface area contributed by atoms with Gasteiger partial charge >= 0.3 is 0 Å². The maximum atomic E-state index is 13.3. The van der Waals surface area contributed by atoms with E-state index >= 15 is 0 Å². The third kappa shape index (κ3) is 5.95. The maximum absolute atomic E-state index is 13.3. The maximum Gasteiger partial charge on any atom is 0.254 e. The minimum atomic E-state index is -0.352. The molecule has 42 heavy (non-hydrogen) atoms. The van der Waals surface area contributed by atoms with Crippen LogP contribution in [0.3, 0.4) is 0 Å². The van der Waals surface area contributed by atoms with Gasteiger partial charge in [0.25, 0.3) is 5.91 Å². The minimum absolute atomic E-state index is 0.128. The molecule has 2 heterocycles. The van der Waals surface area contributed by atoms with Gasteiger partial charge in [-0.2, -0.15) is 5.26 Å². The average Bonchev–Trinajstić information content (AvgIpc) is 2.98. The Labute approximate surface area is 254 Å². The van der Waals surface area contributed by atoms with E-state index in [0.29, 0.717) is 39.9 Å². The van der Waals surface area contributed by atoms with E-state index in [1.165, 1.54) is 0 Å². The molecule has 2 N–H and O–H groups in total. The van der Waals surface area contributed by atoms with Crippen LogP contribution in [-0.4, -0.2) is 76.4 Å². The highest BCUT2D eigenvalue weighted by Crippen LogP contribution is 2.55. The van der Waals surface area contributed by atoms with Gasteiger partial charge in [0.05, 0.1) is 22.3 Å². The molecular weight excluding hydrogens is 552 g/mol. The van der Waals surface area contributed by atoms with Gasteiger partial charge in [-0.05, 0) is 57.7 Å². The van der Waals surface area contributed by atoms with E-state index in [2.05, 4.69) is 65.9 Å². The van der Waals surface area contributed by atoms with E-state index in [9.17, 15) is 9.90 Å². The Morgan fingerprint density at radius 1 is 1.07 bits per heavy atom. The predicted octanol–water partition coefficient (Wildman–Crippen LogP) is 4.82. The van der Waals surface area contributed by atoms with Crippen molar-refractivity contribution in [3.8, 4) is 11.8 Å². The molecule has 0 radical (unpaired) electrons. The Hall–Kier alpha value is -2.93. The number of aliphatic hydroxyl groups excluding tert-OH is 1. The summed E-state index contributed by atoms with van der Waals surface area (Å²) >= 11 is 6.21. The lowest BCUT2D eigenvalue weighted by Gasteiger charge is -2.63. The summed E-state index contributed by atoms with van der Waals surface area (Å²) in [6.07, 6.45) is 8.97. The third-order valence-electron chi connectivity index (χ3n) is 9.90. The second-order valence-corrected chi connectivity index (χ2v) is 13.8. The van der Waals surface area contributed by atoms with E-state index in [4.69, 9.17) is 21.6 Å². The van der Waals surface area contributed by atoms with Crippen molar-refractivity contribution in [2.45, 2.75) is 96.6 Å². The van der Waals surface area contributed by atoms with Crippen LogP contribution in [0.2, 0.25) is 5.02 Å². The monoisotopic (exact) mass is 594 g/mol. The van der Waals surface area contributed by atoms with E-state index in [-0.39, 0.29) is 35.0 Å². The third-order valence-corrected chi connectivity index (χ3v) is 10.2. The molecule has 2 aromatic rings. The van der Waals surface area contributed by atoms with E-state index < -0.39 is 0 Å². The number of carbonyl (C=O) groups excluding carboxylic acids is 1. The quantitative estimate of drug-likeness (QED) is 0.469. The highest BCUT2D eigenvalue weighted by Gasteiger charge is 2.64. The van der Waals surface area contributed by atoms with Crippen LogP contribution in [0.25, 0.3) is 0 Å². The van der Waals surface area contributed by atoms with Gasteiger partial charge in [0, 0.05) is 60.5 Å². The summed E-state index contributed by atoms with van der Waals surface area (Å²) in [6.45, 7) is 10.1. The first-order chi connectivity index (χ1) is 19.9. The number of piperidine rings is 1. The van der Waals surface area contributed by atoms with Gasteiger partial charge in [0.15, 0.2) is 0 Å². The molecule has 1 aromatic heterocycles. The number of hydrogen-bond donors (Lipinski definition) is 2. The van der Waals surface area contributed by atoms with Crippen LogP contribution in [0.5, 0.6) is 5.75 Å². The van der Waals surface area contributed by atoms with Crippen LogP contribution in [0.15, 0.2) is 30.6 Å². The van der Waals surface area contributed by atoms with Gasteiger partial charge in [0.2, 0.25) is 5.95 Å². The second kappa shape index (κ2) is 12.0. The summed E-state index contributed by atoms with van der Waals surface area (Å²) in [5.41, 5.74) is 0.135. The van der Waals surface area contributed by atoms with Gasteiger partial charge in [-0.3, -0.25) is 4.79 Å². The standard InChI is InChI=1S/C32H43ClN6O3/c1-31(2)28(32(3,4)29(31)42-25-11-6-20(17-34)26(33)16-25)37-27(41)21-18-35-30(36-19-21)39-14-12-23(13-15-39)38(5)22-7-9-24(40)10-8-22/h6,11,16,18-19,22-24,28-29,40H,7-10,12-15H2,1-5H3,(H,37,41). The first-order valence-corrected chi connectivity index (χ1v) is 15.4. The van der Waals surface area contributed by atoms with Crippen LogP contribution in [-0.2, 0) is 0 Å². The molecule has 5 rings (SSSR count). The fourth-order valence-electron chi connectivity index (χ4n) is 7.65. The largest absolute Gasteiger partial charge is 0.489 e. The SMILES string of the molecule is CN(C1CCC(O)CC1)C1CCN(c2ncc(C(=O)NC3C(C)(C)C(Oc4ccc(C#N)c(Cl)c4)C3(C)C)cn2)CC1. The van der Waals surface area contributed by atoms with E-state index in [1.807, 2.05) is 0 Å². The van der Waals surface area contributed by atoms with Crippen LogP contribution in [0, 0.1) is 22.2 Å². The molecule has 2 saturated carbocycles. The number of benzene rings is 1. The van der Waals surface area contributed by atoms with Crippen molar-refractivity contribution < 1.29 is 14.6 Å². The molecule has 226 valence electrons. The topological polar surface area (TPSA) is 115 Å². The Kier molecular flexibility index (Phi) is 8.71. The van der Waals surface area contributed by atoms with Gasteiger partial charge < -0.3 is 25.0 Å². The molecule has 0 unspecified atom stereocenters. The van der Waals surface area contributed by atoms with Crippen LogP contribution in [0.4, 0.5) is 5.95 Å². The molecular formula is C32H43ClN6O3. The molecule has 2 aliphatic carbocycles. The van der Waals surface area contributed by atoms with Crippen molar-refractivity contribution in [3.63, 3.8) is 0 Å². The van der Waals surface area contributed by atoms with Crippen molar-refractivity contribution in [2.75, 3.05) is 25.0 Å². The smallest absolute Gasteiger partial charge is 0.254 e. The first kappa shape index (κ1) is 30.5. The number of rotatable bonds is 7. The van der Waals surface area contributed by atoms with Crippen LogP contribution >= 0.6 is 11.6 Å². The summed E-state index contributed by atoms with van der Waals surface area (Å²) < 4.78 is 6.33. The lowest BCUT2D eigenvalue weighted by atomic mass is 9.49. The molecule has 1 aromatic carbocycles. The summed E-state index contributed by atoms with van der Waals surface area (Å²) in [4.78, 5) is 27.1. The van der Waals surface area contributed by atoms with Gasteiger partial charge in [-0.25, -0.2) is 9.97 Å². The average molecular weight is 595 g/mol. The molecule has 0 spiro atoms. The zero-order chi connectivity index (χ0) is 30.2. The zero-order valence-corrected chi connectivity index (χ0v) is 26.1. The molecule has 0 bridgehead atoms. The molecule has 9 nitrogen and oxygen atoms in total. The number of anilines is 1. The Bertz CT molecular complexity index is 1290. The first-order valence-electron chi connectivity index (χ1n) is 15.1. The van der Waals surface area contributed by atoms with Gasteiger partial charge in [-0.15, -0.1) is 0 Å². The normalized spacial score (nSPS) is 27.2. The van der Waals surface area contributed by atoms with Crippen molar-refractivity contribution in [1.82, 2.24) is 20.2 Å². The van der Waals surface area contributed by atoms with E-state index in [0.717, 1.165) is 51.6 Å². The highest BCUT2D eigenvalue weighted by molar-refractivity contribution is 6.31. The van der Waals surface area contributed by atoms with Crippen molar-refractivity contribution in [1.29, 1.82) is 5.26 Å². The number of aromatic nitrogens is 2. The van der Waals surface area contributed by atoms with E-state index in [1.54, 1.807) is 30.6 Å². The predicted molar refractivity (Wildman–Crippen MR) is 163 cm³/mol. The molecule has 3 fully saturated rings.